The second-order valence-corrected chi connectivity index (χ2v) is 5.99. The van der Waals surface area contributed by atoms with E-state index in [1.54, 1.807) is 7.11 Å². The summed E-state index contributed by atoms with van der Waals surface area (Å²) in [7, 11) is 3.72. The fourth-order valence-corrected chi connectivity index (χ4v) is 3.32. The lowest BCUT2D eigenvalue weighted by molar-refractivity contribution is 0.414. The Morgan fingerprint density at radius 1 is 1.13 bits per heavy atom. The third-order valence-corrected chi connectivity index (χ3v) is 4.49. The molecule has 0 N–H and O–H groups in total. The van der Waals surface area contributed by atoms with Gasteiger partial charge in [-0.1, -0.05) is 6.07 Å². The van der Waals surface area contributed by atoms with Crippen LogP contribution in [0.5, 0.6) is 5.75 Å². The minimum atomic E-state index is -0.307. The third kappa shape index (κ3) is 2.10. The summed E-state index contributed by atoms with van der Waals surface area (Å²) in [5.41, 5.74) is 5.92. The van der Waals surface area contributed by atoms with E-state index in [1.165, 1.54) is 17.2 Å². The summed E-state index contributed by atoms with van der Waals surface area (Å²) in [6, 6.07) is 11.8. The summed E-state index contributed by atoms with van der Waals surface area (Å²) < 4.78 is 10.7. The highest BCUT2D eigenvalue weighted by molar-refractivity contribution is 5.95. The van der Waals surface area contributed by atoms with Crippen molar-refractivity contribution in [1.82, 2.24) is 0 Å². The number of methoxy groups -OCH3 is 1. The number of aryl methyl sites for hydroxylation is 1. The monoisotopic (exact) mass is 307 g/mol. The minimum Gasteiger partial charge on any atom is -0.497 e. The lowest BCUT2D eigenvalue weighted by atomic mass is 9.92. The maximum atomic E-state index is 11.6. The van der Waals surface area contributed by atoms with Gasteiger partial charge in [0.05, 0.1) is 7.11 Å². The van der Waals surface area contributed by atoms with Crippen LogP contribution in [-0.2, 0) is 6.54 Å². The molecule has 0 bridgehead atoms. The first kappa shape index (κ1) is 13.9. The van der Waals surface area contributed by atoms with Gasteiger partial charge in [-0.05, 0) is 41.8 Å². The number of anilines is 1. The topological polar surface area (TPSA) is 42.7 Å². The maximum Gasteiger partial charge on any atom is 0.336 e. The Labute approximate surface area is 133 Å². The quantitative estimate of drug-likeness (QED) is 0.643. The molecule has 4 nitrogen and oxygen atoms in total. The molecule has 2 heterocycles. The number of hydrogen-bond donors (Lipinski definition) is 0. The Morgan fingerprint density at radius 3 is 2.74 bits per heavy atom. The second-order valence-electron chi connectivity index (χ2n) is 5.99. The average molecular weight is 307 g/mol. The van der Waals surface area contributed by atoms with E-state index in [4.69, 9.17) is 9.15 Å². The molecule has 0 radical (unpaired) electrons. The maximum absolute atomic E-state index is 11.6. The molecule has 0 aliphatic carbocycles. The van der Waals surface area contributed by atoms with E-state index in [0.29, 0.717) is 5.58 Å². The summed E-state index contributed by atoms with van der Waals surface area (Å²) in [4.78, 5) is 13.8. The summed E-state index contributed by atoms with van der Waals surface area (Å²) in [6.07, 6.45) is 0. The summed E-state index contributed by atoms with van der Waals surface area (Å²) in [5, 5.41) is 0.973. The molecule has 1 aliphatic rings. The van der Waals surface area contributed by atoms with Crippen molar-refractivity contribution in [3.05, 3.63) is 57.9 Å². The van der Waals surface area contributed by atoms with Gasteiger partial charge in [0.25, 0.3) is 0 Å². The first-order valence-corrected chi connectivity index (χ1v) is 7.54. The highest BCUT2D eigenvalue weighted by Gasteiger charge is 2.22. The van der Waals surface area contributed by atoms with Crippen LogP contribution in [0.3, 0.4) is 0 Å². The smallest absolute Gasteiger partial charge is 0.336 e. The second kappa shape index (κ2) is 4.88. The van der Waals surface area contributed by atoms with Crippen LogP contribution in [0.1, 0.15) is 11.1 Å². The molecule has 116 valence electrons. The minimum absolute atomic E-state index is 0.307. The van der Waals surface area contributed by atoms with Crippen molar-refractivity contribution >= 4 is 16.7 Å². The van der Waals surface area contributed by atoms with Crippen molar-refractivity contribution in [2.75, 3.05) is 19.1 Å². The Kier molecular flexibility index (Phi) is 2.94. The molecule has 4 heteroatoms. The number of fused-ring (bicyclic) bond motifs is 4. The van der Waals surface area contributed by atoms with Crippen molar-refractivity contribution in [2.24, 2.45) is 0 Å². The summed E-state index contributed by atoms with van der Waals surface area (Å²) >= 11 is 0. The lowest BCUT2D eigenvalue weighted by Gasteiger charge is -2.30. The summed E-state index contributed by atoms with van der Waals surface area (Å²) in [6.45, 7) is 2.73. The average Bonchev–Trinajstić information content (AvgIpc) is 2.53. The third-order valence-electron chi connectivity index (χ3n) is 4.49. The van der Waals surface area contributed by atoms with Crippen molar-refractivity contribution in [3.63, 3.8) is 0 Å². The van der Waals surface area contributed by atoms with E-state index in [1.807, 2.05) is 26.1 Å². The zero-order valence-corrected chi connectivity index (χ0v) is 13.3. The Hall–Kier alpha value is -2.75. The van der Waals surface area contributed by atoms with Gasteiger partial charge in [0.2, 0.25) is 0 Å². The van der Waals surface area contributed by atoms with Gasteiger partial charge in [0.15, 0.2) is 0 Å². The molecular formula is C19H17NO3. The van der Waals surface area contributed by atoms with Crippen molar-refractivity contribution in [2.45, 2.75) is 13.5 Å². The fraction of sp³-hybridized carbons (Fsp3) is 0.211. The predicted octanol–water partition coefficient (Wildman–Crippen LogP) is 3.73. The van der Waals surface area contributed by atoms with E-state index < -0.39 is 0 Å². The number of nitrogens with zero attached hydrogens (tertiary/aromatic N) is 1. The number of ether oxygens (including phenoxy) is 1. The molecule has 0 saturated carbocycles. The standard InChI is InChI=1S/C19H17NO3/c1-11-6-19(21)23-18-9-17-16(8-15(11)18)14-5-4-13(22-3)7-12(14)10-20(17)2/h4-9H,10H2,1-3H3. The van der Waals surface area contributed by atoms with Crippen LogP contribution >= 0.6 is 0 Å². The Bertz CT molecular complexity index is 988. The van der Waals surface area contributed by atoms with Crippen molar-refractivity contribution in [3.8, 4) is 16.9 Å². The molecule has 1 aromatic heterocycles. The van der Waals surface area contributed by atoms with Gasteiger partial charge < -0.3 is 14.1 Å². The van der Waals surface area contributed by atoms with E-state index in [2.05, 4.69) is 23.1 Å². The molecule has 4 rings (SSSR count). The van der Waals surface area contributed by atoms with Gasteiger partial charge in [-0.2, -0.15) is 0 Å². The predicted molar refractivity (Wildman–Crippen MR) is 91.3 cm³/mol. The highest BCUT2D eigenvalue weighted by Crippen LogP contribution is 2.42. The zero-order chi connectivity index (χ0) is 16.1. The van der Waals surface area contributed by atoms with Crippen molar-refractivity contribution in [1.29, 1.82) is 0 Å². The molecular weight excluding hydrogens is 290 g/mol. The normalized spacial score (nSPS) is 12.9. The molecule has 0 unspecified atom stereocenters. The molecule has 0 fully saturated rings. The van der Waals surface area contributed by atoms with Crippen LogP contribution in [0, 0.1) is 6.92 Å². The van der Waals surface area contributed by atoms with E-state index in [9.17, 15) is 4.79 Å². The molecule has 23 heavy (non-hydrogen) atoms. The van der Waals surface area contributed by atoms with E-state index in [-0.39, 0.29) is 5.63 Å². The molecule has 0 spiro atoms. The van der Waals surface area contributed by atoms with Crippen LogP contribution < -0.4 is 15.3 Å². The number of benzene rings is 2. The van der Waals surface area contributed by atoms with Gasteiger partial charge in [0.1, 0.15) is 11.3 Å². The van der Waals surface area contributed by atoms with Crippen LogP contribution in [0.2, 0.25) is 0 Å². The van der Waals surface area contributed by atoms with Gasteiger partial charge in [-0.25, -0.2) is 4.79 Å². The van der Waals surface area contributed by atoms with Crippen LogP contribution in [0.4, 0.5) is 5.69 Å². The fourth-order valence-electron chi connectivity index (χ4n) is 3.32. The highest BCUT2D eigenvalue weighted by atomic mass is 16.5. The summed E-state index contributed by atoms with van der Waals surface area (Å²) in [5.74, 6) is 0.864. The SMILES string of the molecule is COc1ccc2c(c1)CN(C)c1cc3oc(=O)cc(C)c3cc1-2. The number of hydrogen-bond acceptors (Lipinski definition) is 4. The Balaban J connectivity index is 2.04. The number of rotatable bonds is 1. The van der Waals surface area contributed by atoms with Crippen LogP contribution in [0.25, 0.3) is 22.1 Å². The lowest BCUT2D eigenvalue weighted by Crippen LogP contribution is -2.21. The Morgan fingerprint density at radius 2 is 1.96 bits per heavy atom. The van der Waals surface area contributed by atoms with Gasteiger partial charge >= 0.3 is 5.63 Å². The van der Waals surface area contributed by atoms with E-state index >= 15 is 0 Å². The van der Waals surface area contributed by atoms with Crippen LogP contribution in [0.15, 0.2) is 45.6 Å². The first-order valence-electron chi connectivity index (χ1n) is 7.54. The van der Waals surface area contributed by atoms with Gasteiger partial charge in [-0.15, -0.1) is 0 Å². The van der Waals surface area contributed by atoms with E-state index in [0.717, 1.165) is 34.5 Å². The molecule has 0 amide bonds. The van der Waals surface area contributed by atoms with Gasteiger partial charge in [-0.3, -0.25) is 0 Å². The van der Waals surface area contributed by atoms with Gasteiger partial charge in [0, 0.05) is 42.4 Å². The molecule has 0 atom stereocenters. The molecule has 2 aromatic carbocycles. The molecule has 3 aromatic rings. The zero-order valence-electron chi connectivity index (χ0n) is 13.3. The molecule has 1 aliphatic heterocycles. The first-order chi connectivity index (χ1) is 11.1. The van der Waals surface area contributed by atoms with Crippen molar-refractivity contribution < 1.29 is 9.15 Å². The van der Waals surface area contributed by atoms with Crippen LogP contribution in [-0.4, -0.2) is 14.2 Å². The molecule has 0 saturated heterocycles. The largest absolute Gasteiger partial charge is 0.497 e.